The molecule has 2 aromatic carbocycles. The first kappa shape index (κ1) is 26.6. The smallest absolute Gasteiger partial charge is 0.253 e. The highest BCUT2D eigenvalue weighted by Gasteiger charge is 2.24. The lowest BCUT2D eigenvalue weighted by molar-refractivity contribution is -0.0221. The summed E-state index contributed by atoms with van der Waals surface area (Å²) in [5.74, 6) is 2.19. The molecule has 3 N–H and O–H groups in total. The Kier molecular flexibility index (Phi) is 8.63. The van der Waals surface area contributed by atoms with Crippen molar-refractivity contribution < 1.29 is 14.3 Å². The zero-order chi connectivity index (χ0) is 25.8. The van der Waals surface area contributed by atoms with Gasteiger partial charge in [-0.2, -0.15) is 0 Å². The predicted octanol–water partition coefficient (Wildman–Crippen LogP) is 3.81. The van der Waals surface area contributed by atoms with E-state index in [9.17, 15) is 14.7 Å². The first-order valence-electron chi connectivity index (χ1n) is 11.8. The highest BCUT2D eigenvalue weighted by Crippen LogP contribution is 2.43. The van der Waals surface area contributed by atoms with E-state index in [1.54, 1.807) is 18.2 Å². The molecule has 2 fully saturated rings. The Morgan fingerprint density at radius 2 is 1.75 bits per heavy atom. The lowest BCUT2D eigenvalue weighted by atomic mass is 10.1. The Balaban J connectivity index is 0.000000543. The van der Waals surface area contributed by atoms with Gasteiger partial charge in [0, 0.05) is 32.1 Å². The number of halogens is 1. The first-order chi connectivity index (χ1) is 17.2. The Bertz CT molecular complexity index is 1260. The molecule has 5 rings (SSSR count). The van der Waals surface area contributed by atoms with Gasteiger partial charge in [-0.25, -0.2) is 4.31 Å². The van der Waals surface area contributed by atoms with Crippen LogP contribution in [-0.2, 0) is 11.3 Å². The van der Waals surface area contributed by atoms with E-state index in [-0.39, 0.29) is 23.7 Å². The lowest BCUT2D eigenvalue weighted by Crippen LogP contribution is -2.41. The van der Waals surface area contributed by atoms with E-state index in [1.165, 1.54) is 11.9 Å². The molecular weight excluding hydrogens is 504 g/mol. The van der Waals surface area contributed by atoms with Gasteiger partial charge in [-0.15, -0.1) is 0 Å². The fourth-order valence-corrected chi connectivity index (χ4v) is 4.88. The van der Waals surface area contributed by atoms with Crippen LogP contribution in [-0.4, -0.2) is 60.8 Å². The van der Waals surface area contributed by atoms with Crippen LogP contribution in [0.3, 0.4) is 0 Å². The second-order valence-electron chi connectivity index (χ2n) is 9.14. The van der Waals surface area contributed by atoms with Gasteiger partial charge in [0.15, 0.2) is 5.75 Å². The van der Waals surface area contributed by atoms with Crippen LogP contribution in [0.25, 0.3) is 0 Å². The summed E-state index contributed by atoms with van der Waals surface area (Å²) in [5, 5.41) is 17.1. The average Bonchev–Trinajstić information content (AvgIpc) is 3.27. The molecule has 0 aliphatic carbocycles. The minimum absolute atomic E-state index is 0.0583. The second kappa shape index (κ2) is 11.7. The number of hydrogen-bond acceptors (Lipinski definition) is 10. The van der Waals surface area contributed by atoms with Crippen LogP contribution >= 0.6 is 23.5 Å². The molecule has 3 aromatic rings. The van der Waals surface area contributed by atoms with Crippen LogP contribution < -0.4 is 21.5 Å². The zero-order valence-electron chi connectivity index (χ0n) is 20.6. The third-order valence-corrected chi connectivity index (χ3v) is 7.62. The molecule has 0 radical (unpaired) electrons. The Morgan fingerprint density at radius 1 is 1.08 bits per heavy atom. The number of nitrogens with one attached hydrogen (secondary N) is 2. The number of aryl methyl sites for hydroxylation is 1. The standard InChI is InChI=1S/C21H23ClN4O4S.C4H8O/c1-12-3-4-13(30-12)11-23-16-17(20(29)19(16)28)24-15-6-5-14(22)21(18(15)27)31-26-9-7-25(2)8-10-26;1-4-2-5-3-4/h3-6,23-24,27H,7-11H2,1-2H3;4H,2-3H2,1H3. The van der Waals surface area contributed by atoms with Crippen LogP contribution in [0.5, 0.6) is 5.75 Å². The summed E-state index contributed by atoms with van der Waals surface area (Å²) in [4.78, 5) is 26.9. The molecule has 1 aromatic heterocycles. The van der Waals surface area contributed by atoms with Crippen LogP contribution in [0.4, 0.5) is 17.1 Å². The van der Waals surface area contributed by atoms with E-state index < -0.39 is 10.9 Å². The Hall–Kier alpha value is -2.50. The average molecular weight is 535 g/mol. The number of furan rings is 1. The summed E-state index contributed by atoms with van der Waals surface area (Å²) in [6, 6.07) is 6.87. The lowest BCUT2D eigenvalue weighted by Gasteiger charge is -2.31. The van der Waals surface area contributed by atoms with Gasteiger partial charge in [0.25, 0.3) is 10.9 Å². The second-order valence-corrected chi connectivity index (χ2v) is 10.7. The summed E-state index contributed by atoms with van der Waals surface area (Å²) in [6.45, 7) is 9.79. The quantitative estimate of drug-likeness (QED) is 0.235. The van der Waals surface area contributed by atoms with Crippen LogP contribution in [0.1, 0.15) is 18.4 Å². The van der Waals surface area contributed by atoms with Crippen LogP contribution in [0, 0.1) is 12.8 Å². The fraction of sp³-hybridized carbons (Fsp3) is 0.440. The zero-order valence-corrected chi connectivity index (χ0v) is 22.2. The number of piperazine rings is 1. The van der Waals surface area contributed by atoms with Crippen molar-refractivity contribution in [2.45, 2.75) is 25.3 Å². The number of nitrogens with zero attached hydrogens (tertiary/aromatic N) is 2. The minimum atomic E-state index is -0.638. The topological polar surface area (TPSA) is 107 Å². The number of rotatable bonds is 7. The molecule has 36 heavy (non-hydrogen) atoms. The van der Waals surface area contributed by atoms with Gasteiger partial charge in [0.05, 0.1) is 35.4 Å². The number of phenols is 1. The summed E-state index contributed by atoms with van der Waals surface area (Å²) in [6.07, 6.45) is 0. The van der Waals surface area contributed by atoms with Crippen molar-refractivity contribution in [2.75, 3.05) is 57.1 Å². The monoisotopic (exact) mass is 534 g/mol. The van der Waals surface area contributed by atoms with E-state index in [0.29, 0.717) is 21.4 Å². The molecule has 0 atom stereocenters. The summed E-state index contributed by atoms with van der Waals surface area (Å²) in [7, 11) is 2.07. The van der Waals surface area contributed by atoms with Gasteiger partial charge < -0.3 is 29.8 Å². The van der Waals surface area contributed by atoms with Crippen molar-refractivity contribution in [1.82, 2.24) is 9.21 Å². The van der Waals surface area contributed by atoms with Crippen molar-refractivity contribution in [3.8, 4) is 5.75 Å². The molecule has 11 heteroatoms. The van der Waals surface area contributed by atoms with Crippen molar-refractivity contribution in [3.05, 3.63) is 61.3 Å². The van der Waals surface area contributed by atoms with Crippen LogP contribution in [0.15, 0.2) is 43.2 Å². The number of aromatic hydroxyl groups is 1. The third kappa shape index (κ3) is 6.24. The molecule has 9 nitrogen and oxygen atoms in total. The number of likely N-dealkylation sites (N-methyl/N-ethyl adjacent to an activating group) is 1. The summed E-state index contributed by atoms with van der Waals surface area (Å²) < 4.78 is 12.5. The van der Waals surface area contributed by atoms with Crippen LogP contribution in [0.2, 0.25) is 5.02 Å². The van der Waals surface area contributed by atoms with Gasteiger partial charge >= 0.3 is 0 Å². The molecule has 0 spiro atoms. The van der Waals surface area contributed by atoms with Crippen molar-refractivity contribution in [1.29, 1.82) is 0 Å². The maximum absolute atomic E-state index is 12.1. The molecule has 2 aliphatic rings. The maximum atomic E-state index is 12.1. The normalized spacial score (nSPS) is 16.9. The highest BCUT2D eigenvalue weighted by atomic mass is 35.5. The van der Waals surface area contributed by atoms with Gasteiger partial charge in [0.1, 0.15) is 22.9 Å². The van der Waals surface area contributed by atoms with Gasteiger partial charge in [-0.1, -0.05) is 18.5 Å². The number of hydrogen-bond donors (Lipinski definition) is 3. The molecule has 0 bridgehead atoms. The largest absolute Gasteiger partial charge is 0.505 e. The Labute approximate surface area is 219 Å². The molecular formula is C25H31ClN4O5S. The SMILES string of the molecule is CC1COC1.Cc1ccc(CNc2c(Nc3ccc(Cl)c(SN4CCN(C)CC4)c3O)c(=O)c2=O)o1. The van der Waals surface area contributed by atoms with E-state index >= 15 is 0 Å². The van der Waals surface area contributed by atoms with Gasteiger partial charge in [-0.3, -0.25) is 9.59 Å². The molecule has 194 valence electrons. The fourth-order valence-electron chi connectivity index (χ4n) is 3.67. The van der Waals surface area contributed by atoms with Gasteiger partial charge in [0.2, 0.25) is 0 Å². The minimum Gasteiger partial charge on any atom is -0.505 e. The van der Waals surface area contributed by atoms with E-state index in [1.807, 2.05) is 13.0 Å². The maximum Gasteiger partial charge on any atom is 0.253 e. The number of anilines is 3. The first-order valence-corrected chi connectivity index (χ1v) is 13.0. The van der Waals surface area contributed by atoms with Crippen molar-refractivity contribution >= 4 is 40.6 Å². The summed E-state index contributed by atoms with van der Waals surface area (Å²) >= 11 is 7.72. The van der Waals surface area contributed by atoms with E-state index in [0.717, 1.165) is 51.1 Å². The highest BCUT2D eigenvalue weighted by molar-refractivity contribution is 7.97. The Morgan fingerprint density at radius 3 is 2.33 bits per heavy atom. The molecule has 0 saturated carbocycles. The van der Waals surface area contributed by atoms with E-state index in [2.05, 4.69) is 33.8 Å². The molecule has 3 heterocycles. The third-order valence-electron chi connectivity index (χ3n) is 5.98. The summed E-state index contributed by atoms with van der Waals surface area (Å²) in [5.41, 5.74) is -0.653. The molecule has 0 unspecified atom stereocenters. The van der Waals surface area contributed by atoms with Crippen molar-refractivity contribution in [3.63, 3.8) is 0 Å². The molecule has 2 aliphatic heterocycles. The van der Waals surface area contributed by atoms with E-state index in [4.69, 9.17) is 20.8 Å². The molecule has 2 saturated heterocycles. The van der Waals surface area contributed by atoms with Crippen molar-refractivity contribution in [2.24, 2.45) is 5.92 Å². The van der Waals surface area contributed by atoms with Gasteiger partial charge in [-0.05, 0) is 50.2 Å². The molecule has 0 amide bonds. The number of phenolic OH excluding ortho intramolecular Hbond substituents is 1. The predicted molar refractivity (Wildman–Crippen MR) is 143 cm³/mol. The number of benzene rings is 1. The number of ether oxygens (including phenoxy) is 1.